The molecule has 0 radical (unpaired) electrons. The molecule has 1 saturated heterocycles. The van der Waals surface area contributed by atoms with Gasteiger partial charge in [0.05, 0.1) is 17.9 Å². The number of amides is 3. The van der Waals surface area contributed by atoms with E-state index in [9.17, 15) is 9.59 Å². The molecule has 7 nitrogen and oxygen atoms in total. The van der Waals surface area contributed by atoms with Crippen molar-refractivity contribution in [3.8, 4) is 6.19 Å². The predicted molar refractivity (Wildman–Crippen MR) is 76.7 cm³/mol. The monoisotopic (exact) mass is 289 g/mol. The summed E-state index contributed by atoms with van der Waals surface area (Å²) in [6, 6.07) is 6.22. The summed E-state index contributed by atoms with van der Waals surface area (Å²) in [5.74, 6) is -0.309. The molecule has 0 atom stereocenters. The van der Waals surface area contributed by atoms with Crippen LogP contribution in [-0.4, -0.2) is 29.9 Å². The van der Waals surface area contributed by atoms with Gasteiger partial charge in [0.2, 0.25) is 0 Å². The van der Waals surface area contributed by atoms with Gasteiger partial charge in [-0.3, -0.25) is 10.1 Å². The Morgan fingerprint density at radius 3 is 2.95 bits per heavy atom. The zero-order chi connectivity index (χ0) is 14.5. The van der Waals surface area contributed by atoms with E-state index in [4.69, 9.17) is 5.26 Å². The van der Waals surface area contributed by atoms with Crippen LogP contribution < -0.4 is 15.5 Å². The maximum atomic E-state index is 11.6. The SMILES string of the molecule is CSC(=Nc1cccc(N2C(=O)CNC2=O)c1)NC#N. The van der Waals surface area contributed by atoms with Crippen molar-refractivity contribution in [2.24, 2.45) is 4.99 Å². The third-order valence-corrected chi connectivity index (χ3v) is 3.10. The minimum Gasteiger partial charge on any atom is -0.328 e. The van der Waals surface area contributed by atoms with Crippen LogP contribution in [0.15, 0.2) is 29.3 Å². The largest absolute Gasteiger partial charge is 0.329 e. The van der Waals surface area contributed by atoms with Crippen LogP contribution in [0, 0.1) is 11.5 Å². The van der Waals surface area contributed by atoms with E-state index < -0.39 is 6.03 Å². The van der Waals surface area contributed by atoms with Gasteiger partial charge in [-0.05, 0) is 24.5 Å². The van der Waals surface area contributed by atoms with Gasteiger partial charge in [-0.15, -0.1) is 0 Å². The summed E-state index contributed by atoms with van der Waals surface area (Å²) in [6.45, 7) is -0.00161. The highest BCUT2D eigenvalue weighted by atomic mass is 32.2. The normalized spacial score (nSPS) is 15.0. The second-order valence-electron chi connectivity index (χ2n) is 3.77. The van der Waals surface area contributed by atoms with Gasteiger partial charge < -0.3 is 5.32 Å². The van der Waals surface area contributed by atoms with E-state index >= 15 is 0 Å². The molecule has 1 aliphatic rings. The van der Waals surface area contributed by atoms with E-state index in [0.717, 1.165) is 4.90 Å². The van der Waals surface area contributed by atoms with Crippen molar-refractivity contribution in [3.05, 3.63) is 24.3 Å². The fourth-order valence-electron chi connectivity index (χ4n) is 1.68. The number of nitrogens with one attached hydrogen (secondary N) is 2. The van der Waals surface area contributed by atoms with Gasteiger partial charge in [-0.2, -0.15) is 5.26 Å². The minimum absolute atomic E-state index is 0.00161. The van der Waals surface area contributed by atoms with E-state index in [1.54, 1.807) is 36.7 Å². The average molecular weight is 289 g/mol. The molecule has 1 aliphatic heterocycles. The first-order chi connectivity index (χ1) is 9.65. The first kappa shape index (κ1) is 13.9. The van der Waals surface area contributed by atoms with Crippen LogP contribution in [0.1, 0.15) is 0 Å². The molecule has 2 N–H and O–H groups in total. The lowest BCUT2D eigenvalue weighted by Gasteiger charge is -2.12. The molecular weight excluding hydrogens is 278 g/mol. The number of amidine groups is 1. The molecule has 0 spiro atoms. The molecule has 8 heteroatoms. The average Bonchev–Trinajstić information content (AvgIpc) is 2.78. The fourth-order valence-corrected chi connectivity index (χ4v) is 2.02. The highest BCUT2D eigenvalue weighted by molar-refractivity contribution is 8.13. The molecule has 0 aromatic heterocycles. The van der Waals surface area contributed by atoms with Gasteiger partial charge in [-0.1, -0.05) is 17.8 Å². The van der Waals surface area contributed by atoms with E-state index in [1.807, 2.05) is 0 Å². The standard InChI is InChI=1S/C12H11N5O2S/c1-20-11(15-7-13)16-8-3-2-4-9(5-8)17-10(18)6-14-12(17)19/h2-5H,6H2,1H3,(H,14,19)(H,15,16). The number of imide groups is 1. The van der Waals surface area contributed by atoms with Crippen LogP contribution in [0.4, 0.5) is 16.2 Å². The number of carbonyl (C=O) groups is 2. The second kappa shape index (κ2) is 6.08. The molecule has 1 aromatic rings. The Morgan fingerprint density at radius 2 is 2.35 bits per heavy atom. The van der Waals surface area contributed by atoms with E-state index in [-0.39, 0.29) is 12.5 Å². The molecule has 0 aliphatic carbocycles. The Labute approximate surface area is 119 Å². The van der Waals surface area contributed by atoms with E-state index in [1.165, 1.54) is 11.8 Å². The molecular formula is C12H11N5O2S. The minimum atomic E-state index is -0.448. The third kappa shape index (κ3) is 2.89. The first-order valence-electron chi connectivity index (χ1n) is 5.64. The van der Waals surface area contributed by atoms with Crippen LogP contribution in [-0.2, 0) is 4.79 Å². The highest BCUT2D eigenvalue weighted by Crippen LogP contribution is 2.24. The quantitative estimate of drug-likeness (QED) is 0.280. The molecule has 0 saturated carbocycles. The topological polar surface area (TPSA) is 97.6 Å². The van der Waals surface area contributed by atoms with Crippen molar-refractivity contribution >= 4 is 40.2 Å². The molecule has 0 unspecified atom stereocenters. The molecule has 2 rings (SSSR count). The van der Waals surface area contributed by atoms with Crippen LogP contribution in [0.3, 0.4) is 0 Å². The number of nitrogens with zero attached hydrogens (tertiary/aromatic N) is 3. The maximum Gasteiger partial charge on any atom is 0.329 e. The summed E-state index contributed by atoms with van der Waals surface area (Å²) in [7, 11) is 0. The number of hydrogen-bond acceptors (Lipinski definition) is 5. The number of anilines is 1. The summed E-state index contributed by atoms with van der Waals surface area (Å²) >= 11 is 1.29. The van der Waals surface area contributed by atoms with Crippen molar-refractivity contribution in [2.75, 3.05) is 17.7 Å². The van der Waals surface area contributed by atoms with Gasteiger partial charge in [0.25, 0.3) is 5.91 Å². The Balaban J connectivity index is 2.31. The number of rotatable bonds is 2. The highest BCUT2D eigenvalue weighted by Gasteiger charge is 2.29. The number of nitriles is 1. The van der Waals surface area contributed by atoms with Gasteiger partial charge >= 0.3 is 6.03 Å². The lowest BCUT2D eigenvalue weighted by molar-refractivity contribution is -0.115. The van der Waals surface area contributed by atoms with Crippen LogP contribution in [0.2, 0.25) is 0 Å². The van der Waals surface area contributed by atoms with Gasteiger partial charge in [0.1, 0.15) is 0 Å². The molecule has 1 aromatic carbocycles. The van der Waals surface area contributed by atoms with Crippen LogP contribution in [0.25, 0.3) is 0 Å². The van der Waals surface area contributed by atoms with Crippen molar-refractivity contribution < 1.29 is 9.59 Å². The number of aliphatic imine (C=N–C) groups is 1. The summed E-state index contributed by atoms with van der Waals surface area (Å²) < 4.78 is 0. The summed E-state index contributed by atoms with van der Waals surface area (Å²) in [6.07, 6.45) is 3.57. The molecule has 1 heterocycles. The summed E-state index contributed by atoms with van der Waals surface area (Å²) in [5.41, 5.74) is 0.991. The molecule has 0 bridgehead atoms. The number of thioether (sulfide) groups is 1. The predicted octanol–water partition coefficient (Wildman–Crippen LogP) is 1.16. The number of urea groups is 1. The van der Waals surface area contributed by atoms with E-state index in [2.05, 4.69) is 15.6 Å². The molecule has 20 heavy (non-hydrogen) atoms. The molecule has 102 valence electrons. The fraction of sp³-hybridized carbons (Fsp3) is 0.167. The summed E-state index contributed by atoms with van der Waals surface area (Å²) in [4.78, 5) is 28.5. The van der Waals surface area contributed by atoms with Crippen molar-refractivity contribution in [3.63, 3.8) is 0 Å². The van der Waals surface area contributed by atoms with Gasteiger partial charge in [0.15, 0.2) is 11.4 Å². The van der Waals surface area contributed by atoms with Gasteiger partial charge in [-0.25, -0.2) is 14.7 Å². The Morgan fingerprint density at radius 1 is 1.55 bits per heavy atom. The number of carbonyl (C=O) groups excluding carboxylic acids is 2. The molecule has 1 fully saturated rings. The zero-order valence-electron chi connectivity index (χ0n) is 10.6. The van der Waals surface area contributed by atoms with Gasteiger partial charge in [0, 0.05) is 0 Å². The Bertz CT molecular complexity index is 607. The maximum absolute atomic E-state index is 11.6. The Kier molecular flexibility index (Phi) is 4.22. The van der Waals surface area contributed by atoms with E-state index in [0.29, 0.717) is 16.5 Å². The van der Waals surface area contributed by atoms with Crippen LogP contribution >= 0.6 is 11.8 Å². The van der Waals surface area contributed by atoms with Crippen LogP contribution in [0.5, 0.6) is 0 Å². The lowest BCUT2D eigenvalue weighted by atomic mass is 10.2. The third-order valence-electron chi connectivity index (χ3n) is 2.52. The Hall–Kier alpha value is -2.53. The summed E-state index contributed by atoms with van der Waals surface area (Å²) in [5, 5.41) is 13.9. The number of hydrogen-bond donors (Lipinski definition) is 2. The van der Waals surface area contributed by atoms with Crippen molar-refractivity contribution in [2.45, 2.75) is 0 Å². The smallest absolute Gasteiger partial charge is 0.328 e. The lowest BCUT2D eigenvalue weighted by Crippen LogP contribution is -2.30. The zero-order valence-corrected chi connectivity index (χ0v) is 11.4. The van der Waals surface area contributed by atoms with Crippen molar-refractivity contribution in [1.82, 2.24) is 10.6 Å². The first-order valence-corrected chi connectivity index (χ1v) is 6.87. The number of benzene rings is 1. The molecule has 3 amide bonds. The van der Waals surface area contributed by atoms with Crippen molar-refractivity contribution in [1.29, 1.82) is 5.26 Å². The second-order valence-corrected chi connectivity index (χ2v) is 4.56.